The monoisotopic (exact) mass is 295 g/mol. The Labute approximate surface area is 127 Å². The Morgan fingerprint density at radius 3 is 2.35 bits per heavy atom. The predicted molar refractivity (Wildman–Crippen MR) is 79.9 cm³/mol. The SMILES string of the molecule is C#C[C@H]1CC[C@@H](C#N)N1C(=O)[C@@H](N)C1CCCCC1.Cl. The predicted octanol–water partition coefficient (Wildman–Crippen LogP) is 1.83. The van der Waals surface area contributed by atoms with Crippen molar-refractivity contribution in [3.05, 3.63) is 0 Å². The second-order valence-corrected chi connectivity index (χ2v) is 5.57. The highest BCUT2D eigenvalue weighted by Gasteiger charge is 2.40. The summed E-state index contributed by atoms with van der Waals surface area (Å²) in [7, 11) is 0. The van der Waals surface area contributed by atoms with Crippen LogP contribution in [0, 0.1) is 29.6 Å². The number of nitrogens with zero attached hydrogens (tertiary/aromatic N) is 2. The highest BCUT2D eigenvalue weighted by molar-refractivity contribution is 5.85. The van der Waals surface area contributed by atoms with Gasteiger partial charge in [0.05, 0.1) is 18.2 Å². The van der Waals surface area contributed by atoms with Crippen LogP contribution < -0.4 is 5.73 Å². The molecular weight excluding hydrogens is 274 g/mol. The maximum atomic E-state index is 12.5. The lowest BCUT2D eigenvalue weighted by Gasteiger charge is -2.32. The zero-order valence-corrected chi connectivity index (χ0v) is 12.4. The van der Waals surface area contributed by atoms with E-state index in [1.165, 1.54) is 6.42 Å². The summed E-state index contributed by atoms with van der Waals surface area (Å²) in [5, 5.41) is 9.14. The Bertz CT molecular complexity index is 398. The number of halogens is 1. The van der Waals surface area contributed by atoms with Crippen molar-refractivity contribution in [1.82, 2.24) is 4.90 Å². The van der Waals surface area contributed by atoms with Crippen LogP contribution in [0.4, 0.5) is 0 Å². The van der Waals surface area contributed by atoms with Gasteiger partial charge in [0, 0.05) is 0 Å². The Morgan fingerprint density at radius 2 is 1.80 bits per heavy atom. The third kappa shape index (κ3) is 3.26. The molecule has 1 aliphatic heterocycles. The summed E-state index contributed by atoms with van der Waals surface area (Å²) in [6, 6.07) is 1.02. The topological polar surface area (TPSA) is 70.1 Å². The van der Waals surface area contributed by atoms with Gasteiger partial charge in [-0.2, -0.15) is 5.26 Å². The zero-order valence-electron chi connectivity index (χ0n) is 11.6. The van der Waals surface area contributed by atoms with Gasteiger partial charge in [0.15, 0.2) is 0 Å². The summed E-state index contributed by atoms with van der Waals surface area (Å²) in [6.07, 6.45) is 12.4. The highest BCUT2D eigenvalue weighted by atomic mass is 35.5. The number of carbonyl (C=O) groups excluding carboxylic acids is 1. The normalized spacial score (nSPS) is 28.1. The van der Waals surface area contributed by atoms with Crippen molar-refractivity contribution >= 4 is 18.3 Å². The fourth-order valence-corrected chi connectivity index (χ4v) is 3.28. The van der Waals surface area contributed by atoms with E-state index >= 15 is 0 Å². The number of hydrogen-bond acceptors (Lipinski definition) is 3. The van der Waals surface area contributed by atoms with Gasteiger partial charge in [-0.3, -0.25) is 4.79 Å². The minimum absolute atomic E-state index is 0. The third-order valence-electron chi connectivity index (χ3n) is 4.42. The molecule has 0 bridgehead atoms. The Hall–Kier alpha value is -1.23. The van der Waals surface area contributed by atoms with Crippen molar-refractivity contribution < 1.29 is 4.79 Å². The summed E-state index contributed by atoms with van der Waals surface area (Å²) in [4.78, 5) is 14.1. The van der Waals surface area contributed by atoms with Crippen molar-refractivity contribution in [2.75, 3.05) is 0 Å². The number of amides is 1. The lowest BCUT2D eigenvalue weighted by atomic mass is 9.83. The molecule has 0 aromatic heterocycles. The van der Waals surface area contributed by atoms with E-state index < -0.39 is 12.1 Å². The van der Waals surface area contributed by atoms with Crippen molar-refractivity contribution in [3.8, 4) is 18.4 Å². The molecule has 0 radical (unpaired) electrons. The van der Waals surface area contributed by atoms with E-state index in [1.54, 1.807) is 4.90 Å². The molecule has 1 saturated carbocycles. The maximum Gasteiger partial charge on any atom is 0.241 e. The quantitative estimate of drug-likeness (QED) is 0.790. The molecule has 1 aliphatic carbocycles. The molecule has 2 fully saturated rings. The van der Waals surface area contributed by atoms with Crippen LogP contribution >= 0.6 is 12.4 Å². The molecule has 1 amide bonds. The molecule has 0 aromatic rings. The van der Waals surface area contributed by atoms with E-state index in [9.17, 15) is 4.79 Å². The van der Waals surface area contributed by atoms with Crippen LogP contribution in [0.1, 0.15) is 44.9 Å². The maximum absolute atomic E-state index is 12.5. The third-order valence-corrected chi connectivity index (χ3v) is 4.42. The van der Waals surface area contributed by atoms with E-state index in [-0.39, 0.29) is 30.3 Å². The molecule has 0 spiro atoms. The first-order valence-corrected chi connectivity index (χ1v) is 7.12. The number of rotatable bonds is 2. The van der Waals surface area contributed by atoms with Crippen molar-refractivity contribution in [2.45, 2.75) is 63.1 Å². The number of terminal acetylenes is 1. The summed E-state index contributed by atoms with van der Waals surface area (Å²) in [5.41, 5.74) is 6.14. The van der Waals surface area contributed by atoms with Gasteiger partial charge in [0.2, 0.25) is 5.91 Å². The molecule has 1 heterocycles. The summed E-state index contributed by atoms with van der Waals surface area (Å²) >= 11 is 0. The van der Waals surface area contributed by atoms with E-state index in [1.807, 2.05) is 0 Å². The molecule has 3 atom stereocenters. The Morgan fingerprint density at radius 1 is 1.20 bits per heavy atom. The van der Waals surface area contributed by atoms with Crippen LogP contribution in [-0.4, -0.2) is 28.9 Å². The van der Waals surface area contributed by atoms with Crippen molar-refractivity contribution in [3.63, 3.8) is 0 Å². The second-order valence-electron chi connectivity index (χ2n) is 5.57. The fourth-order valence-electron chi connectivity index (χ4n) is 3.28. The van der Waals surface area contributed by atoms with E-state index in [0.29, 0.717) is 12.8 Å². The summed E-state index contributed by atoms with van der Waals surface area (Å²) in [5.74, 6) is 2.74. The molecule has 0 unspecified atom stereocenters. The van der Waals surface area contributed by atoms with Gasteiger partial charge >= 0.3 is 0 Å². The van der Waals surface area contributed by atoms with Gasteiger partial charge in [0.1, 0.15) is 6.04 Å². The van der Waals surface area contributed by atoms with Gasteiger partial charge in [-0.15, -0.1) is 18.8 Å². The average Bonchev–Trinajstić information content (AvgIpc) is 2.89. The first-order chi connectivity index (χ1) is 9.19. The molecule has 4 nitrogen and oxygen atoms in total. The standard InChI is InChI=1S/C15H21N3O.ClH/c1-2-12-8-9-13(10-16)18(12)15(19)14(17)11-6-4-3-5-7-11;/h1,11-14H,3-9,17H2;1H/t12-,13-,14-;/m0./s1. The molecule has 1 saturated heterocycles. The molecule has 5 heteroatoms. The second kappa shape index (κ2) is 7.53. The number of likely N-dealkylation sites (tertiary alicyclic amines) is 1. The van der Waals surface area contributed by atoms with E-state index in [2.05, 4.69) is 12.0 Å². The average molecular weight is 296 g/mol. The Kier molecular flexibility index (Phi) is 6.33. The van der Waals surface area contributed by atoms with Crippen LogP contribution in [0.3, 0.4) is 0 Å². The van der Waals surface area contributed by atoms with Crippen molar-refractivity contribution in [1.29, 1.82) is 5.26 Å². The minimum atomic E-state index is -0.495. The van der Waals surface area contributed by atoms with Crippen molar-refractivity contribution in [2.24, 2.45) is 11.7 Å². The lowest BCUT2D eigenvalue weighted by Crippen LogP contribution is -2.52. The highest BCUT2D eigenvalue weighted by Crippen LogP contribution is 2.29. The van der Waals surface area contributed by atoms with E-state index in [4.69, 9.17) is 17.4 Å². The number of nitriles is 1. The van der Waals surface area contributed by atoms with Crippen LogP contribution in [0.2, 0.25) is 0 Å². The van der Waals surface area contributed by atoms with Gasteiger partial charge in [-0.1, -0.05) is 25.2 Å². The summed E-state index contributed by atoms with van der Waals surface area (Å²) < 4.78 is 0. The molecule has 0 aromatic carbocycles. The first kappa shape index (κ1) is 16.8. The Balaban J connectivity index is 0.00000200. The summed E-state index contributed by atoms with van der Waals surface area (Å²) in [6.45, 7) is 0. The fraction of sp³-hybridized carbons (Fsp3) is 0.733. The lowest BCUT2D eigenvalue weighted by molar-refractivity contribution is -0.135. The smallest absolute Gasteiger partial charge is 0.241 e. The molecular formula is C15H22ClN3O. The van der Waals surface area contributed by atoms with Gasteiger partial charge in [-0.05, 0) is 31.6 Å². The molecule has 2 N–H and O–H groups in total. The van der Waals surface area contributed by atoms with E-state index in [0.717, 1.165) is 25.7 Å². The zero-order chi connectivity index (χ0) is 13.8. The van der Waals surface area contributed by atoms with Gasteiger partial charge in [0.25, 0.3) is 0 Å². The largest absolute Gasteiger partial charge is 0.320 e. The first-order valence-electron chi connectivity index (χ1n) is 7.12. The van der Waals surface area contributed by atoms with Crippen LogP contribution in [0.5, 0.6) is 0 Å². The van der Waals surface area contributed by atoms with Crippen LogP contribution in [0.25, 0.3) is 0 Å². The number of hydrogen-bond donors (Lipinski definition) is 1. The minimum Gasteiger partial charge on any atom is -0.320 e. The van der Waals surface area contributed by atoms with Gasteiger partial charge < -0.3 is 10.6 Å². The van der Waals surface area contributed by atoms with Crippen LogP contribution in [0.15, 0.2) is 0 Å². The molecule has 110 valence electrons. The molecule has 2 aliphatic rings. The molecule has 2 rings (SSSR count). The van der Waals surface area contributed by atoms with Crippen LogP contribution in [-0.2, 0) is 4.79 Å². The van der Waals surface area contributed by atoms with Gasteiger partial charge in [-0.25, -0.2) is 0 Å². The number of carbonyl (C=O) groups is 1. The number of nitrogens with two attached hydrogens (primary N) is 1. The molecule has 20 heavy (non-hydrogen) atoms.